The lowest BCUT2D eigenvalue weighted by atomic mass is 9.96. The predicted octanol–water partition coefficient (Wildman–Crippen LogP) is 0.859. The molecule has 1 unspecified atom stereocenters. The average molecular weight is 272 g/mol. The van der Waals surface area contributed by atoms with Crippen molar-refractivity contribution in [3.8, 4) is 5.75 Å². The van der Waals surface area contributed by atoms with E-state index in [0.717, 1.165) is 16.9 Å². The highest BCUT2D eigenvalue weighted by molar-refractivity contribution is 5.79. The molecule has 6 nitrogen and oxygen atoms in total. The van der Waals surface area contributed by atoms with Gasteiger partial charge in [0.1, 0.15) is 18.2 Å². The molecule has 3 rings (SSSR count). The van der Waals surface area contributed by atoms with Crippen molar-refractivity contribution >= 4 is 11.7 Å². The molecule has 1 atom stereocenters. The summed E-state index contributed by atoms with van der Waals surface area (Å²) in [6.07, 6.45) is 2.31. The number of H-pyrrole nitrogens is 1. The molecule has 1 aromatic heterocycles. The number of anilines is 1. The average Bonchev–Trinajstić information content (AvgIpc) is 2.89. The third-order valence-corrected chi connectivity index (χ3v) is 3.45. The standard InChI is InChI=1S/C14H16N4O2/c15-13-11(7-17-18-13)6-16-14(19)10-5-9-3-1-2-4-12(9)20-8-10/h1-4,7,10H,5-6,8H2,(H,16,19)(H3,15,17,18). The number of rotatable bonds is 3. The quantitative estimate of drug-likeness (QED) is 0.772. The fraction of sp³-hybridized carbons (Fsp3) is 0.286. The smallest absolute Gasteiger partial charge is 0.227 e. The van der Waals surface area contributed by atoms with Crippen molar-refractivity contribution in [2.75, 3.05) is 12.3 Å². The number of nitrogen functional groups attached to an aromatic ring is 1. The van der Waals surface area contributed by atoms with E-state index in [2.05, 4.69) is 15.5 Å². The summed E-state index contributed by atoms with van der Waals surface area (Å²) < 4.78 is 5.61. The number of nitrogens with zero attached hydrogens (tertiary/aromatic N) is 1. The first kappa shape index (κ1) is 12.5. The van der Waals surface area contributed by atoms with Crippen LogP contribution in [-0.2, 0) is 17.8 Å². The maximum absolute atomic E-state index is 12.2. The van der Waals surface area contributed by atoms with Crippen LogP contribution in [0.5, 0.6) is 5.75 Å². The van der Waals surface area contributed by atoms with Crippen LogP contribution in [0, 0.1) is 5.92 Å². The fourth-order valence-electron chi connectivity index (χ4n) is 2.29. The Balaban J connectivity index is 1.60. The maximum atomic E-state index is 12.2. The van der Waals surface area contributed by atoms with Crippen LogP contribution >= 0.6 is 0 Å². The number of ether oxygens (including phenoxy) is 1. The van der Waals surface area contributed by atoms with Gasteiger partial charge in [-0.05, 0) is 18.1 Å². The Morgan fingerprint density at radius 2 is 2.35 bits per heavy atom. The highest BCUT2D eigenvalue weighted by Gasteiger charge is 2.25. The van der Waals surface area contributed by atoms with Gasteiger partial charge in [-0.3, -0.25) is 9.89 Å². The van der Waals surface area contributed by atoms with Crippen LogP contribution in [0.2, 0.25) is 0 Å². The number of hydrogen-bond acceptors (Lipinski definition) is 4. The molecule has 2 heterocycles. The van der Waals surface area contributed by atoms with Gasteiger partial charge >= 0.3 is 0 Å². The highest BCUT2D eigenvalue weighted by Crippen LogP contribution is 2.26. The van der Waals surface area contributed by atoms with Gasteiger partial charge in [0.15, 0.2) is 0 Å². The van der Waals surface area contributed by atoms with Crippen LogP contribution in [0.15, 0.2) is 30.5 Å². The molecule has 0 aliphatic carbocycles. The number of aromatic amines is 1. The Morgan fingerprint density at radius 3 is 3.15 bits per heavy atom. The van der Waals surface area contributed by atoms with Crippen molar-refractivity contribution in [1.82, 2.24) is 15.5 Å². The molecule has 0 spiro atoms. The van der Waals surface area contributed by atoms with Gasteiger partial charge in [-0.2, -0.15) is 5.10 Å². The van der Waals surface area contributed by atoms with Crippen LogP contribution in [0.4, 0.5) is 5.82 Å². The molecule has 0 bridgehead atoms. The van der Waals surface area contributed by atoms with Crippen LogP contribution in [0.25, 0.3) is 0 Å². The van der Waals surface area contributed by atoms with E-state index in [-0.39, 0.29) is 11.8 Å². The monoisotopic (exact) mass is 272 g/mol. The number of para-hydroxylation sites is 1. The van der Waals surface area contributed by atoms with Gasteiger partial charge in [-0.1, -0.05) is 18.2 Å². The summed E-state index contributed by atoms with van der Waals surface area (Å²) in [4.78, 5) is 12.2. The molecule has 1 amide bonds. The minimum absolute atomic E-state index is 0.0277. The van der Waals surface area contributed by atoms with Crippen molar-refractivity contribution in [1.29, 1.82) is 0 Å². The predicted molar refractivity (Wildman–Crippen MR) is 74.0 cm³/mol. The number of nitrogens with two attached hydrogens (primary N) is 1. The molecule has 1 aromatic carbocycles. The van der Waals surface area contributed by atoms with Gasteiger partial charge in [0.2, 0.25) is 5.91 Å². The fourth-order valence-corrected chi connectivity index (χ4v) is 2.29. The number of carbonyl (C=O) groups excluding carboxylic acids is 1. The molecular formula is C14H16N4O2. The first-order valence-electron chi connectivity index (χ1n) is 6.50. The second kappa shape index (κ2) is 5.24. The van der Waals surface area contributed by atoms with Crippen molar-refractivity contribution in [2.45, 2.75) is 13.0 Å². The molecule has 4 N–H and O–H groups in total. The van der Waals surface area contributed by atoms with Crippen molar-refractivity contribution in [3.05, 3.63) is 41.6 Å². The van der Waals surface area contributed by atoms with Gasteiger partial charge in [-0.15, -0.1) is 0 Å². The first-order chi connectivity index (χ1) is 9.74. The van der Waals surface area contributed by atoms with Crippen LogP contribution in [-0.4, -0.2) is 22.7 Å². The van der Waals surface area contributed by atoms with E-state index in [1.807, 2.05) is 24.3 Å². The van der Waals surface area contributed by atoms with Gasteiger partial charge < -0.3 is 15.8 Å². The number of amides is 1. The van der Waals surface area contributed by atoms with E-state index in [0.29, 0.717) is 25.4 Å². The van der Waals surface area contributed by atoms with E-state index >= 15 is 0 Å². The van der Waals surface area contributed by atoms with Crippen molar-refractivity contribution in [2.24, 2.45) is 5.92 Å². The van der Waals surface area contributed by atoms with E-state index in [1.54, 1.807) is 6.20 Å². The summed E-state index contributed by atoms with van der Waals surface area (Å²) in [5, 5.41) is 9.32. The molecular weight excluding hydrogens is 256 g/mol. The van der Waals surface area contributed by atoms with Gasteiger partial charge in [0.25, 0.3) is 0 Å². The van der Waals surface area contributed by atoms with Crippen LogP contribution in [0.1, 0.15) is 11.1 Å². The lowest BCUT2D eigenvalue weighted by Gasteiger charge is -2.24. The zero-order chi connectivity index (χ0) is 13.9. The van der Waals surface area contributed by atoms with Gasteiger partial charge in [0.05, 0.1) is 12.1 Å². The van der Waals surface area contributed by atoms with E-state index in [4.69, 9.17) is 10.5 Å². The molecule has 0 fully saturated rings. The molecule has 0 saturated carbocycles. The van der Waals surface area contributed by atoms with Crippen LogP contribution < -0.4 is 15.8 Å². The van der Waals surface area contributed by atoms with E-state index in [1.165, 1.54) is 0 Å². The Hall–Kier alpha value is -2.50. The Labute approximate surface area is 116 Å². The van der Waals surface area contributed by atoms with Crippen molar-refractivity contribution < 1.29 is 9.53 Å². The van der Waals surface area contributed by atoms with E-state index in [9.17, 15) is 4.79 Å². The third-order valence-electron chi connectivity index (χ3n) is 3.45. The molecule has 6 heteroatoms. The molecule has 104 valence electrons. The number of fused-ring (bicyclic) bond motifs is 1. The maximum Gasteiger partial charge on any atom is 0.227 e. The highest BCUT2D eigenvalue weighted by atomic mass is 16.5. The SMILES string of the molecule is Nc1[nH]ncc1CNC(=O)C1COc2ccccc2C1. The van der Waals surface area contributed by atoms with Gasteiger partial charge in [0, 0.05) is 12.1 Å². The summed E-state index contributed by atoms with van der Waals surface area (Å²) >= 11 is 0. The Kier molecular flexibility index (Phi) is 3.28. The molecule has 0 saturated heterocycles. The first-order valence-corrected chi connectivity index (χ1v) is 6.50. The minimum atomic E-state index is -0.168. The lowest BCUT2D eigenvalue weighted by Crippen LogP contribution is -2.37. The summed E-state index contributed by atoms with van der Waals surface area (Å²) in [5.41, 5.74) is 7.53. The number of benzene rings is 1. The van der Waals surface area contributed by atoms with Gasteiger partial charge in [-0.25, -0.2) is 0 Å². The zero-order valence-electron chi connectivity index (χ0n) is 10.9. The molecule has 0 radical (unpaired) electrons. The van der Waals surface area contributed by atoms with Crippen LogP contribution in [0.3, 0.4) is 0 Å². The number of carbonyl (C=O) groups is 1. The molecule has 2 aromatic rings. The third kappa shape index (κ3) is 2.45. The molecule has 1 aliphatic rings. The number of hydrogen-bond donors (Lipinski definition) is 3. The zero-order valence-corrected chi connectivity index (χ0v) is 10.9. The van der Waals surface area contributed by atoms with Crippen molar-refractivity contribution in [3.63, 3.8) is 0 Å². The minimum Gasteiger partial charge on any atom is -0.492 e. The Morgan fingerprint density at radius 1 is 1.50 bits per heavy atom. The second-order valence-electron chi connectivity index (χ2n) is 4.85. The lowest BCUT2D eigenvalue weighted by molar-refractivity contribution is -0.126. The number of aromatic nitrogens is 2. The Bertz CT molecular complexity index is 623. The molecule has 20 heavy (non-hydrogen) atoms. The number of nitrogens with one attached hydrogen (secondary N) is 2. The summed E-state index contributed by atoms with van der Waals surface area (Å²) in [6, 6.07) is 7.80. The second-order valence-corrected chi connectivity index (χ2v) is 4.85. The summed E-state index contributed by atoms with van der Waals surface area (Å²) in [7, 11) is 0. The summed E-state index contributed by atoms with van der Waals surface area (Å²) in [5.74, 6) is 1.16. The normalized spacial score (nSPS) is 17.1. The summed E-state index contributed by atoms with van der Waals surface area (Å²) in [6.45, 7) is 0.781. The largest absolute Gasteiger partial charge is 0.492 e. The topological polar surface area (TPSA) is 93.0 Å². The van der Waals surface area contributed by atoms with E-state index < -0.39 is 0 Å². The molecule has 1 aliphatic heterocycles.